The van der Waals surface area contributed by atoms with Gasteiger partial charge in [0, 0.05) is 17.0 Å². The van der Waals surface area contributed by atoms with Gasteiger partial charge < -0.3 is 4.74 Å². The Morgan fingerprint density at radius 2 is 1.90 bits per heavy atom. The molecule has 4 aromatic rings. The first kappa shape index (κ1) is 19.7. The Morgan fingerprint density at radius 1 is 1.07 bits per heavy atom. The Bertz CT molecular complexity index is 1210. The number of pyridine rings is 2. The number of nitrogens with zero attached hydrogens (tertiary/aromatic N) is 3. The summed E-state index contributed by atoms with van der Waals surface area (Å²) in [7, 11) is 0. The zero-order valence-corrected chi connectivity index (χ0v) is 17.0. The van der Waals surface area contributed by atoms with Crippen LogP contribution in [-0.2, 0) is 16.0 Å². The van der Waals surface area contributed by atoms with E-state index >= 15 is 0 Å². The van der Waals surface area contributed by atoms with Gasteiger partial charge in [-0.25, -0.2) is 9.97 Å². The number of hydrogen-bond donors (Lipinski definition) is 1. The van der Waals surface area contributed by atoms with Crippen molar-refractivity contribution in [3.8, 4) is 11.4 Å². The molecule has 1 amide bonds. The third-order valence-electron chi connectivity index (χ3n) is 4.29. The van der Waals surface area contributed by atoms with Gasteiger partial charge in [0.15, 0.2) is 5.13 Å². The van der Waals surface area contributed by atoms with Gasteiger partial charge in [0.1, 0.15) is 0 Å². The summed E-state index contributed by atoms with van der Waals surface area (Å²) in [5.74, 6) is -0.649. The van der Waals surface area contributed by atoms with Crippen molar-refractivity contribution in [2.75, 3.05) is 11.9 Å². The molecule has 3 heterocycles. The van der Waals surface area contributed by atoms with E-state index in [4.69, 9.17) is 4.74 Å². The molecule has 0 bridgehead atoms. The number of benzene rings is 1. The third-order valence-corrected chi connectivity index (χ3v) is 5.10. The van der Waals surface area contributed by atoms with Crippen LogP contribution in [0.5, 0.6) is 0 Å². The van der Waals surface area contributed by atoms with Crippen molar-refractivity contribution in [1.29, 1.82) is 0 Å². The summed E-state index contributed by atoms with van der Waals surface area (Å²) in [6.07, 6.45) is 1.76. The predicted octanol–water partition coefficient (Wildman–Crippen LogP) is 4.11. The van der Waals surface area contributed by atoms with E-state index in [9.17, 15) is 9.59 Å². The van der Waals surface area contributed by atoms with Crippen LogP contribution in [0.25, 0.3) is 22.3 Å². The van der Waals surface area contributed by atoms with Gasteiger partial charge in [-0.1, -0.05) is 24.3 Å². The Labute approximate surface area is 176 Å². The Hall–Kier alpha value is -3.65. The standard InChI is InChI=1S/C22H18N4O3S/c1-2-29-20(27)11-14-13-30-22(24-14)26-21(28)16-12-19(18-9-5-6-10-23-18)25-17-8-4-3-7-15(16)17/h3-10,12-13H,2,11H2,1H3,(H,24,26,28). The van der Waals surface area contributed by atoms with Crippen molar-refractivity contribution in [1.82, 2.24) is 15.0 Å². The number of rotatable bonds is 6. The molecule has 0 aliphatic rings. The van der Waals surface area contributed by atoms with E-state index in [-0.39, 0.29) is 18.3 Å². The lowest BCUT2D eigenvalue weighted by Gasteiger charge is -2.09. The van der Waals surface area contributed by atoms with Gasteiger partial charge >= 0.3 is 5.97 Å². The average Bonchev–Trinajstić information content (AvgIpc) is 3.20. The maximum absolute atomic E-state index is 13.1. The molecule has 0 fully saturated rings. The molecule has 4 rings (SSSR count). The summed E-state index contributed by atoms with van der Waals surface area (Å²) in [5, 5.41) is 5.71. The summed E-state index contributed by atoms with van der Waals surface area (Å²) in [6, 6.07) is 14.7. The van der Waals surface area contributed by atoms with Gasteiger partial charge in [0.2, 0.25) is 0 Å². The van der Waals surface area contributed by atoms with Crippen molar-refractivity contribution in [2.45, 2.75) is 13.3 Å². The lowest BCUT2D eigenvalue weighted by atomic mass is 10.1. The van der Waals surface area contributed by atoms with E-state index in [0.717, 1.165) is 5.39 Å². The van der Waals surface area contributed by atoms with Crippen LogP contribution in [0.3, 0.4) is 0 Å². The molecule has 30 heavy (non-hydrogen) atoms. The zero-order valence-electron chi connectivity index (χ0n) is 16.2. The maximum atomic E-state index is 13.1. The first-order valence-corrected chi connectivity index (χ1v) is 10.2. The van der Waals surface area contributed by atoms with E-state index in [2.05, 4.69) is 20.3 Å². The highest BCUT2D eigenvalue weighted by molar-refractivity contribution is 7.14. The topological polar surface area (TPSA) is 94.1 Å². The Balaban J connectivity index is 1.63. The van der Waals surface area contributed by atoms with Gasteiger partial charge in [0.25, 0.3) is 5.91 Å². The fraction of sp³-hybridized carbons (Fsp3) is 0.136. The van der Waals surface area contributed by atoms with E-state index in [0.29, 0.717) is 39.9 Å². The van der Waals surface area contributed by atoms with Crippen LogP contribution in [0.4, 0.5) is 5.13 Å². The van der Waals surface area contributed by atoms with E-state index in [1.54, 1.807) is 24.6 Å². The second kappa shape index (κ2) is 8.79. The summed E-state index contributed by atoms with van der Waals surface area (Å²) in [5.41, 5.74) is 3.03. The minimum Gasteiger partial charge on any atom is -0.466 e. The van der Waals surface area contributed by atoms with Gasteiger partial charge in [-0.3, -0.25) is 19.9 Å². The fourth-order valence-corrected chi connectivity index (χ4v) is 3.68. The van der Waals surface area contributed by atoms with Gasteiger partial charge in [-0.05, 0) is 31.2 Å². The number of amides is 1. The lowest BCUT2D eigenvalue weighted by Crippen LogP contribution is -2.13. The minimum absolute atomic E-state index is 0.0716. The van der Waals surface area contributed by atoms with Crippen LogP contribution in [0.15, 0.2) is 60.1 Å². The highest BCUT2D eigenvalue weighted by atomic mass is 32.1. The van der Waals surface area contributed by atoms with Crippen molar-refractivity contribution < 1.29 is 14.3 Å². The number of esters is 1. The monoisotopic (exact) mass is 418 g/mol. The molecule has 0 unspecified atom stereocenters. The number of anilines is 1. The molecule has 8 heteroatoms. The smallest absolute Gasteiger partial charge is 0.311 e. The molecular weight excluding hydrogens is 400 g/mol. The number of carbonyl (C=O) groups excluding carboxylic acids is 2. The highest BCUT2D eigenvalue weighted by Gasteiger charge is 2.16. The summed E-state index contributed by atoms with van der Waals surface area (Å²) < 4.78 is 4.93. The molecule has 0 spiro atoms. The molecule has 0 saturated carbocycles. The number of fused-ring (bicyclic) bond motifs is 1. The first-order chi connectivity index (χ1) is 14.6. The Kier molecular flexibility index (Phi) is 5.76. The summed E-state index contributed by atoms with van der Waals surface area (Å²) in [6.45, 7) is 2.07. The second-order valence-corrected chi connectivity index (χ2v) is 7.23. The molecule has 3 aromatic heterocycles. The maximum Gasteiger partial charge on any atom is 0.311 e. The van der Waals surface area contributed by atoms with Crippen LogP contribution in [0, 0.1) is 0 Å². The van der Waals surface area contributed by atoms with Gasteiger partial charge in [-0.15, -0.1) is 11.3 Å². The van der Waals surface area contributed by atoms with E-state index in [1.165, 1.54) is 11.3 Å². The van der Waals surface area contributed by atoms with E-state index in [1.807, 2.05) is 42.5 Å². The molecule has 0 atom stereocenters. The minimum atomic E-state index is -0.346. The number of aromatic nitrogens is 3. The first-order valence-electron chi connectivity index (χ1n) is 9.36. The number of ether oxygens (including phenoxy) is 1. The average molecular weight is 418 g/mol. The van der Waals surface area contributed by atoms with Crippen molar-refractivity contribution in [3.63, 3.8) is 0 Å². The summed E-state index contributed by atoms with van der Waals surface area (Å²) in [4.78, 5) is 38.0. The molecule has 0 saturated heterocycles. The van der Waals surface area contributed by atoms with Crippen LogP contribution < -0.4 is 5.32 Å². The van der Waals surface area contributed by atoms with Crippen LogP contribution in [0.1, 0.15) is 23.0 Å². The third kappa shape index (κ3) is 4.33. The molecule has 7 nitrogen and oxygen atoms in total. The number of para-hydroxylation sites is 1. The molecule has 0 aliphatic heterocycles. The van der Waals surface area contributed by atoms with Crippen molar-refractivity contribution in [2.24, 2.45) is 0 Å². The SMILES string of the molecule is CCOC(=O)Cc1csc(NC(=O)c2cc(-c3ccccn3)nc3ccccc23)n1. The second-order valence-electron chi connectivity index (χ2n) is 6.37. The highest BCUT2D eigenvalue weighted by Crippen LogP contribution is 2.25. The molecule has 0 aliphatic carbocycles. The normalized spacial score (nSPS) is 10.7. The zero-order chi connectivity index (χ0) is 20.9. The molecule has 1 aromatic carbocycles. The predicted molar refractivity (Wildman–Crippen MR) is 115 cm³/mol. The lowest BCUT2D eigenvalue weighted by molar-refractivity contribution is -0.142. The van der Waals surface area contributed by atoms with Gasteiger partial charge in [-0.2, -0.15) is 0 Å². The molecule has 0 radical (unpaired) electrons. The quantitative estimate of drug-likeness (QED) is 0.474. The fourth-order valence-electron chi connectivity index (χ4n) is 2.98. The van der Waals surface area contributed by atoms with Crippen LogP contribution >= 0.6 is 11.3 Å². The molecule has 1 N–H and O–H groups in total. The van der Waals surface area contributed by atoms with Crippen molar-refractivity contribution in [3.05, 3.63) is 71.4 Å². The Morgan fingerprint density at radius 3 is 2.70 bits per heavy atom. The number of hydrogen-bond acceptors (Lipinski definition) is 7. The number of thiazole rings is 1. The molecule has 150 valence electrons. The van der Waals surface area contributed by atoms with Gasteiger partial charge in [0.05, 0.1) is 41.2 Å². The number of nitrogens with one attached hydrogen (secondary N) is 1. The summed E-state index contributed by atoms with van der Waals surface area (Å²) >= 11 is 1.26. The van der Waals surface area contributed by atoms with Crippen LogP contribution in [-0.4, -0.2) is 33.4 Å². The van der Waals surface area contributed by atoms with E-state index < -0.39 is 0 Å². The molecular formula is C22H18N4O3S. The number of carbonyl (C=O) groups is 2. The van der Waals surface area contributed by atoms with Crippen molar-refractivity contribution >= 4 is 39.2 Å². The van der Waals surface area contributed by atoms with Crippen LogP contribution in [0.2, 0.25) is 0 Å². The largest absolute Gasteiger partial charge is 0.466 e.